The first kappa shape index (κ1) is 11.4. The topological polar surface area (TPSA) is 6.48 Å². The maximum absolute atomic E-state index is 2.61. The second-order valence-corrected chi connectivity index (χ2v) is 6.10. The Balaban J connectivity index is 1.77. The van der Waals surface area contributed by atoms with Crippen LogP contribution < -0.4 is 9.80 Å². The van der Waals surface area contributed by atoms with Crippen LogP contribution >= 0.6 is 11.3 Å². The third-order valence-corrected chi connectivity index (χ3v) is 4.93. The van der Waals surface area contributed by atoms with Crippen LogP contribution in [0.5, 0.6) is 0 Å². The van der Waals surface area contributed by atoms with Gasteiger partial charge < -0.3 is 9.80 Å². The summed E-state index contributed by atoms with van der Waals surface area (Å²) in [6.07, 6.45) is 8.32. The molecule has 1 aromatic rings. The van der Waals surface area contributed by atoms with Crippen LogP contribution in [0.2, 0.25) is 0 Å². The highest BCUT2D eigenvalue weighted by atomic mass is 32.1. The van der Waals surface area contributed by atoms with Crippen LogP contribution in [0.4, 0.5) is 10.7 Å². The maximum atomic E-state index is 2.61. The van der Waals surface area contributed by atoms with Crippen LogP contribution in [0.3, 0.4) is 0 Å². The average molecular weight is 250 g/mol. The van der Waals surface area contributed by atoms with Crippen LogP contribution in [-0.4, -0.2) is 26.2 Å². The van der Waals surface area contributed by atoms with E-state index in [4.69, 9.17) is 0 Å². The number of anilines is 2. The van der Waals surface area contributed by atoms with Crippen molar-refractivity contribution in [3.8, 4) is 0 Å². The van der Waals surface area contributed by atoms with Crippen molar-refractivity contribution in [2.75, 3.05) is 36.0 Å². The molecule has 0 saturated carbocycles. The van der Waals surface area contributed by atoms with Gasteiger partial charge in [-0.3, -0.25) is 0 Å². The summed E-state index contributed by atoms with van der Waals surface area (Å²) < 4.78 is 0. The first-order valence-electron chi connectivity index (χ1n) is 7.02. The lowest BCUT2D eigenvalue weighted by Crippen LogP contribution is -2.33. The summed E-state index contributed by atoms with van der Waals surface area (Å²) in [4.78, 5) is 5.21. The molecule has 1 aromatic heterocycles. The predicted octanol–water partition coefficient (Wildman–Crippen LogP) is 3.73. The summed E-state index contributed by atoms with van der Waals surface area (Å²) >= 11 is 1.93. The Labute approximate surface area is 108 Å². The first-order chi connectivity index (χ1) is 8.45. The molecule has 0 unspecified atom stereocenters. The molecule has 3 rings (SSSR count). The van der Waals surface area contributed by atoms with E-state index in [2.05, 4.69) is 21.2 Å². The zero-order valence-corrected chi connectivity index (χ0v) is 11.3. The summed E-state index contributed by atoms with van der Waals surface area (Å²) in [6, 6.07) is 2.33. The van der Waals surface area contributed by atoms with Crippen LogP contribution in [0, 0.1) is 0 Å². The van der Waals surface area contributed by atoms with E-state index >= 15 is 0 Å². The second kappa shape index (κ2) is 5.30. The number of piperidine rings is 2. The molecular weight excluding hydrogens is 228 g/mol. The molecule has 2 nitrogen and oxygen atoms in total. The number of nitrogens with zero attached hydrogens (tertiary/aromatic N) is 2. The van der Waals surface area contributed by atoms with Gasteiger partial charge >= 0.3 is 0 Å². The molecule has 0 aromatic carbocycles. The maximum Gasteiger partial charge on any atom is 0.115 e. The molecule has 0 atom stereocenters. The summed E-state index contributed by atoms with van der Waals surface area (Å²) in [5, 5.41) is 3.81. The van der Waals surface area contributed by atoms with E-state index in [-0.39, 0.29) is 0 Å². The molecule has 0 spiro atoms. The molecule has 0 amide bonds. The molecule has 0 radical (unpaired) electrons. The number of rotatable bonds is 2. The van der Waals surface area contributed by atoms with E-state index in [1.165, 1.54) is 75.4 Å². The quantitative estimate of drug-likeness (QED) is 0.789. The Morgan fingerprint density at radius 2 is 1.35 bits per heavy atom. The number of hydrogen-bond donors (Lipinski definition) is 0. The van der Waals surface area contributed by atoms with Gasteiger partial charge in [-0.05, 0) is 50.0 Å². The minimum Gasteiger partial charge on any atom is -0.369 e. The highest BCUT2D eigenvalue weighted by molar-refractivity contribution is 7.14. The van der Waals surface area contributed by atoms with Crippen molar-refractivity contribution in [2.45, 2.75) is 38.5 Å². The second-order valence-electron chi connectivity index (χ2n) is 5.21. The normalized spacial score (nSPS) is 21.9. The van der Waals surface area contributed by atoms with Crippen molar-refractivity contribution in [2.24, 2.45) is 0 Å². The molecule has 2 aliphatic rings. The fourth-order valence-corrected chi connectivity index (χ4v) is 3.98. The Morgan fingerprint density at radius 1 is 0.765 bits per heavy atom. The molecular formula is C14H22N2S. The van der Waals surface area contributed by atoms with Crippen molar-refractivity contribution in [1.82, 2.24) is 0 Å². The van der Waals surface area contributed by atoms with Gasteiger partial charge in [0, 0.05) is 26.2 Å². The van der Waals surface area contributed by atoms with Crippen molar-refractivity contribution in [3.05, 3.63) is 11.4 Å². The van der Waals surface area contributed by atoms with Gasteiger partial charge in [-0.25, -0.2) is 0 Å². The third kappa shape index (κ3) is 2.44. The minimum atomic E-state index is 1.26. The molecule has 0 N–H and O–H groups in total. The van der Waals surface area contributed by atoms with Gasteiger partial charge in [0.05, 0.1) is 5.69 Å². The number of hydrogen-bond acceptors (Lipinski definition) is 3. The van der Waals surface area contributed by atoms with E-state index in [1.807, 2.05) is 11.3 Å². The van der Waals surface area contributed by atoms with Crippen LogP contribution in [0.1, 0.15) is 38.5 Å². The van der Waals surface area contributed by atoms with Gasteiger partial charge in [-0.15, -0.1) is 11.3 Å². The molecule has 2 aliphatic heterocycles. The fraction of sp³-hybridized carbons (Fsp3) is 0.714. The van der Waals surface area contributed by atoms with Crippen molar-refractivity contribution in [3.63, 3.8) is 0 Å². The summed E-state index contributed by atoms with van der Waals surface area (Å²) in [7, 11) is 0. The van der Waals surface area contributed by atoms with Gasteiger partial charge in [0.25, 0.3) is 0 Å². The largest absolute Gasteiger partial charge is 0.369 e. The highest BCUT2D eigenvalue weighted by Gasteiger charge is 2.20. The van der Waals surface area contributed by atoms with Crippen LogP contribution in [0.15, 0.2) is 11.4 Å². The van der Waals surface area contributed by atoms with Crippen LogP contribution in [0.25, 0.3) is 0 Å². The van der Waals surface area contributed by atoms with Gasteiger partial charge in [0.15, 0.2) is 0 Å². The van der Waals surface area contributed by atoms with E-state index < -0.39 is 0 Å². The van der Waals surface area contributed by atoms with E-state index in [0.717, 1.165) is 0 Å². The average Bonchev–Trinajstić information content (AvgIpc) is 2.90. The zero-order chi connectivity index (χ0) is 11.5. The fourth-order valence-electron chi connectivity index (χ4n) is 3.00. The Hall–Kier alpha value is -0.700. The van der Waals surface area contributed by atoms with Gasteiger partial charge in [-0.1, -0.05) is 0 Å². The molecule has 3 heteroatoms. The van der Waals surface area contributed by atoms with Crippen molar-refractivity contribution in [1.29, 1.82) is 0 Å². The minimum absolute atomic E-state index is 1.26. The molecule has 2 fully saturated rings. The van der Waals surface area contributed by atoms with Crippen molar-refractivity contribution < 1.29 is 0 Å². The summed E-state index contributed by atoms with van der Waals surface area (Å²) in [6.45, 7) is 5.05. The Bertz CT molecular complexity index is 316. The molecule has 0 aliphatic carbocycles. The van der Waals surface area contributed by atoms with Gasteiger partial charge in [0.2, 0.25) is 0 Å². The van der Waals surface area contributed by atoms with Gasteiger partial charge in [0.1, 0.15) is 5.00 Å². The van der Waals surface area contributed by atoms with E-state index in [1.54, 1.807) is 0 Å². The monoisotopic (exact) mass is 250 g/mol. The van der Waals surface area contributed by atoms with E-state index in [9.17, 15) is 0 Å². The summed E-state index contributed by atoms with van der Waals surface area (Å²) in [5.41, 5.74) is 1.51. The lowest BCUT2D eigenvalue weighted by atomic mass is 10.1. The highest BCUT2D eigenvalue weighted by Crippen LogP contribution is 2.37. The SMILES string of the molecule is c1cc(N2CCCCC2)c(N2CCCCC2)s1. The lowest BCUT2D eigenvalue weighted by Gasteiger charge is -2.33. The molecule has 0 bridgehead atoms. The zero-order valence-electron chi connectivity index (χ0n) is 10.5. The predicted molar refractivity (Wildman–Crippen MR) is 76.4 cm³/mol. The molecule has 94 valence electrons. The summed E-state index contributed by atoms with van der Waals surface area (Å²) in [5.74, 6) is 0. The molecule has 3 heterocycles. The first-order valence-corrected chi connectivity index (χ1v) is 7.90. The van der Waals surface area contributed by atoms with Crippen LogP contribution in [-0.2, 0) is 0 Å². The smallest absolute Gasteiger partial charge is 0.115 e. The standard InChI is InChI=1S/C14H22N2S/c1-3-8-15(9-4-1)13-7-12-17-14(13)16-10-5-2-6-11-16/h7,12H,1-6,8-11H2. The Morgan fingerprint density at radius 3 is 2.00 bits per heavy atom. The van der Waals surface area contributed by atoms with E-state index in [0.29, 0.717) is 0 Å². The van der Waals surface area contributed by atoms with Gasteiger partial charge in [-0.2, -0.15) is 0 Å². The lowest BCUT2D eigenvalue weighted by molar-refractivity contribution is 0.568. The molecule has 17 heavy (non-hydrogen) atoms. The number of thiophene rings is 1. The van der Waals surface area contributed by atoms with Crippen molar-refractivity contribution >= 4 is 22.0 Å². The third-order valence-electron chi connectivity index (χ3n) is 3.96. The Kier molecular flexibility index (Phi) is 3.55. The molecule has 2 saturated heterocycles.